The van der Waals surface area contributed by atoms with Gasteiger partial charge >= 0.3 is 0 Å². The minimum atomic E-state index is 0.611. The van der Waals surface area contributed by atoms with Crippen LogP contribution in [0.5, 0.6) is 0 Å². The van der Waals surface area contributed by atoms with Crippen LogP contribution in [0.1, 0.15) is 139 Å². The number of hydrogen-bond acceptors (Lipinski definition) is 5. The maximum atomic E-state index is 4.67. The Morgan fingerprint density at radius 1 is 0.583 bits per heavy atom. The molecular weight excluding hydrogens is 478 g/mol. The lowest BCUT2D eigenvalue weighted by Gasteiger charge is -2.16. The lowest BCUT2D eigenvalue weighted by atomic mass is 9.93. The van der Waals surface area contributed by atoms with Gasteiger partial charge in [0, 0.05) is 33.5 Å². The molecule has 0 unspecified atom stereocenters. The molecule has 3 heterocycles. The van der Waals surface area contributed by atoms with Crippen LogP contribution in [-0.4, -0.2) is 15.0 Å². The van der Waals surface area contributed by atoms with Crippen molar-refractivity contribution in [1.82, 2.24) is 15.0 Å². The standard InChI is InChI=1S/C12H17N.C10H15NS.C9H13NS/c1-9(2)11-7-10-5-3-4-6-12(10)13-8-11;1-7(2)10-11-8-5-3-4-6-9(8)12-10;1-6(2)9-10-7-4-3-5-8(7)11-9/h7-9H,3-6H2,1-2H3;7H,3-6H2,1-2H3;6H,3-5H2,1-2H3. The molecule has 0 bridgehead atoms. The average molecular weight is 524 g/mol. The number of rotatable bonds is 3. The molecule has 0 fully saturated rings. The monoisotopic (exact) mass is 523 g/mol. The van der Waals surface area contributed by atoms with Gasteiger partial charge in [-0.3, -0.25) is 4.98 Å². The van der Waals surface area contributed by atoms with Gasteiger partial charge in [-0.05, 0) is 87.7 Å². The SMILES string of the molecule is CC(C)c1cnc2c(c1)CCCC2.CC(C)c1nc2c(s1)CCC2.CC(C)c1nc2c(s1)CCCC2. The zero-order valence-electron chi connectivity index (χ0n) is 23.3. The van der Waals surface area contributed by atoms with Crippen molar-refractivity contribution in [2.75, 3.05) is 0 Å². The number of hydrogen-bond donors (Lipinski definition) is 0. The normalized spacial score (nSPS) is 16.1. The molecule has 6 rings (SSSR count). The molecule has 0 saturated heterocycles. The van der Waals surface area contributed by atoms with Crippen LogP contribution in [-0.2, 0) is 38.5 Å². The Morgan fingerprint density at radius 2 is 1.08 bits per heavy atom. The Labute approximate surface area is 227 Å². The number of aromatic nitrogens is 3. The molecule has 0 spiro atoms. The minimum Gasteiger partial charge on any atom is -0.261 e. The third kappa shape index (κ3) is 7.04. The van der Waals surface area contributed by atoms with Crippen molar-refractivity contribution in [3.05, 3.63) is 60.2 Å². The summed E-state index contributed by atoms with van der Waals surface area (Å²) in [5, 5.41) is 2.66. The molecule has 0 aliphatic heterocycles. The van der Waals surface area contributed by atoms with Crippen molar-refractivity contribution in [3.8, 4) is 0 Å². The van der Waals surface area contributed by atoms with Crippen LogP contribution in [0.3, 0.4) is 0 Å². The first-order valence-corrected chi connectivity index (χ1v) is 15.9. The van der Waals surface area contributed by atoms with Crippen molar-refractivity contribution >= 4 is 22.7 Å². The van der Waals surface area contributed by atoms with E-state index in [1.165, 1.54) is 109 Å². The van der Waals surface area contributed by atoms with Crippen LogP contribution >= 0.6 is 22.7 Å². The van der Waals surface area contributed by atoms with Crippen LogP contribution in [0, 0.1) is 0 Å². The summed E-state index contributed by atoms with van der Waals surface area (Å²) in [7, 11) is 0. The Kier molecular flexibility index (Phi) is 9.74. The van der Waals surface area contributed by atoms with Gasteiger partial charge in [0.05, 0.1) is 21.4 Å². The highest BCUT2D eigenvalue weighted by molar-refractivity contribution is 7.12. The Balaban J connectivity index is 0.000000127. The van der Waals surface area contributed by atoms with Gasteiger partial charge in [-0.15, -0.1) is 22.7 Å². The summed E-state index contributed by atoms with van der Waals surface area (Å²) in [4.78, 5) is 16.9. The van der Waals surface area contributed by atoms with Crippen molar-refractivity contribution in [2.24, 2.45) is 0 Å². The lowest BCUT2D eigenvalue weighted by molar-refractivity contribution is 0.663. The Bertz CT molecular complexity index is 1080. The molecule has 36 heavy (non-hydrogen) atoms. The molecule has 0 amide bonds. The van der Waals surface area contributed by atoms with E-state index in [9.17, 15) is 0 Å². The first-order chi connectivity index (χ1) is 17.3. The lowest BCUT2D eigenvalue weighted by Crippen LogP contribution is -2.06. The summed E-state index contributed by atoms with van der Waals surface area (Å²) in [5.41, 5.74) is 7.02. The van der Waals surface area contributed by atoms with Crippen molar-refractivity contribution in [1.29, 1.82) is 0 Å². The molecule has 5 heteroatoms. The Morgan fingerprint density at radius 3 is 1.64 bits per heavy atom. The third-order valence-electron chi connectivity index (χ3n) is 7.32. The maximum Gasteiger partial charge on any atom is 0.0956 e. The molecule has 196 valence electrons. The molecule has 0 radical (unpaired) electrons. The summed E-state index contributed by atoms with van der Waals surface area (Å²) < 4.78 is 0. The second-order valence-corrected chi connectivity index (χ2v) is 13.7. The van der Waals surface area contributed by atoms with E-state index in [4.69, 9.17) is 0 Å². The van der Waals surface area contributed by atoms with Gasteiger partial charge < -0.3 is 0 Å². The van der Waals surface area contributed by atoms with E-state index < -0.39 is 0 Å². The van der Waals surface area contributed by atoms with Gasteiger partial charge in [-0.25, -0.2) is 9.97 Å². The highest BCUT2D eigenvalue weighted by atomic mass is 32.1. The quantitative estimate of drug-likeness (QED) is 0.344. The van der Waals surface area contributed by atoms with E-state index in [-0.39, 0.29) is 0 Å². The largest absolute Gasteiger partial charge is 0.261 e. The minimum absolute atomic E-state index is 0.611. The fraction of sp³-hybridized carbons (Fsp3) is 0.645. The molecule has 0 saturated carbocycles. The summed E-state index contributed by atoms with van der Waals surface area (Å²) in [5.74, 6) is 1.84. The third-order valence-corrected chi connectivity index (χ3v) is 10.2. The molecular formula is C31H45N3S2. The average Bonchev–Trinajstić information content (AvgIpc) is 3.59. The summed E-state index contributed by atoms with van der Waals surface area (Å²) in [6.45, 7) is 13.3. The molecule has 0 atom stereocenters. The first-order valence-electron chi connectivity index (χ1n) is 14.3. The van der Waals surface area contributed by atoms with E-state index in [2.05, 4.69) is 68.8 Å². The molecule has 3 aliphatic rings. The molecule has 0 aromatic carbocycles. The number of fused-ring (bicyclic) bond motifs is 3. The fourth-order valence-corrected chi connectivity index (χ4v) is 7.31. The van der Waals surface area contributed by atoms with Crippen molar-refractivity contribution in [2.45, 2.75) is 130 Å². The number of aryl methyl sites for hydroxylation is 6. The fourth-order valence-electron chi connectivity index (χ4n) is 5.00. The van der Waals surface area contributed by atoms with Gasteiger partial charge in [0.15, 0.2) is 0 Å². The molecule has 3 aromatic heterocycles. The molecule has 3 nitrogen and oxygen atoms in total. The smallest absolute Gasteiger partial charge is 0.0956 e. The van der Waals surface area contributed by atoms with Gasteiger partial charge in [0.1, 0.15) is 0 Å². The van der Waals surface area contributed by atoms with Crippen LogP contribution in [0.2, 0.25) is 0 Å². The van der Waals surface area contributed by atoms with Crippen LogP contribution < -0.4 is 0 Å². The van der Waals surface area contributed by atoms with Gasteiger partial charge in [-0.1, -0.05) is 47.6 Å². The second-order valence-electron chi connectivity index (χ2n) is 11.5. The van der Waals surface area contributed by atoms with E-state index >= 15 is 0 Å². The molecule has 3 aromatic rings. The number of nitrogens with zero attached hydrogens (tertiary/aromatic N) is 3. The number of thiazole rings is 2. The predicted octanol–water partition coefficient (Wildman–Crippen LogP) is 8.98. The van der Waals surface area contributed by atoms with Gasteiger partial charge in [0.25, 0.3) is 0 Å². The van der Waals surface area contributed by atoms with E-state index in [1.54, 1.807) is 9.75 Å². The Hall–Kier alpha value is -1.59. The second kappa shape index (κ2) is 12.8. The van der Waals surface area contributed by atoms with Gasteiger partial charge in [0.2, 0.25) is 0 Å². The predicted molar refractivity (Wildman–Crippen MR) is 156 cm³/mol. The number of pyridine rings is 1. The van der Waals surface area contributed by atoms with Crippen LogP contribution in [0.15, 0.2) is 12.3 Å². The highest BCUT2D eigenvalue weighted by Crippen LogP contribution is 2.31. The zero-order valence-corrected chi connectivity index (χ0v) is 25.0. The highest BCUT2D eigenvalue weighted by Gasteiger charge is 2.18. The molecule has 0 N–H and O–H groups in total. The maximum absolute atomic E-state index is 4.67. The van der Waals surface area contributed by atoms with E-state index in [1.807, 2.05) is 22.7 Å². The molecule has 3 aliphatic carbocycles. The summed E-state index contributed by atoms with van der Waals surface area (Å²) in [6, 6.07) is 2.35. The van der Waals surface area contributed by atoms with E-state index in [0.29, 0.717) is 17.8 Å². The topological polar surface area (TPSA) is 38.7 Å². The van der Waals surface area contributed by atoms with Crippen molar-refractivity contribution < 1.29 is 0 Å². The summed E-state index contributed by atoms with van der Waals surface area (Å²) in [6.07, 6.45) is 16.2. The van der Waals surface area contributed by atoms with Crippen molar-refractivity contribution in [3.63, 3.8) is 0 Å². The first kappa shape index (κ1) is 27.4. The van der Waals surface area contributed by atoms with E-state index in [0.717, 1.165) is 0 Å². The summed E-state index contributed by atoms with van der Waals surface area (Å²) >= 11 is 3.85. The van der Waals surface area contributed by atoms with Crippen LogP contribution in [0.4, 0.5) is 0 Å². The van der Waals surface area contributed by atoms with Gasteiger partial charge in [-0.2, -0.15) is 0 Å². The van der Waals surface area contributed by atoms with Crippen LogP contribution in [0.25, 0.3) is 0 Å². The zero-order chi connectivity index (χ0) is 25.7.